The van der Waals surface area contributed by atoms with E-state index in [1.165, 1.54) is 12.4 Å². The van der Waals surface area contributed by atoms with Gasteiger partial charge in [0.15, 0.2) is 5.82 Å². The summed E-state index contributed by atoms with van der Waals surface area (Å²) in [6.07, 6.45) is 3.06. The molecule has 3 aromatic rings. The van der Waals surface area contributed by atoms with Crippen molar-refractivity contribution in [2.75, 3.05) is 43.5 Å². The molecule has 0 spiro atoms. The lowest BCUT2D eigenvalue weighted by molar-refractivity contribution is 0.0746. The van der Waals surface area contributed by atoms with E-state index in [9.17, 15) is 4.79 Å². The molecule has 0 bridgehead atoms. The number of aromatic nitrogens is 3. The summed E-state index contributed by atoms with van der Waals surface area (Å²) >= 11 is 0. The van der Waals surface area contributed by atoms with E-state index in [4.69, 9.17) is 9.26 Å². The lowest BCUT2D eigenvalue weighted by Gasteiger charge is -2.36. The molecule has 3 heterocycles. The Labute approximate surface area is 168 Å². The third-order valence-corrected chi connectivity index (χ3v) is 4.77. The van der Waals surface area contributed by atoms with E-state index in [1.54, 1.807) is 20.1 Å². The highest BCUT2D eigenvalue weighted by atomic mass is 16.5. The van der Waals surface area contributed by atoms with Crippen LogP contribution in [0.3, 0.4) is 0 Å². The maximum absolute atomic E-state index is 12.8. The first-order valence-corrected chi connectivity index (χ1v) is 9.33. The molecule has 1 saturated heterocycles. The van der Waals surface area contributed by atoms with Crippen molar-refractivity contribution in [3.05, 3.63) is 54.0 Å². The van der Waals surface area contributed by atoms with Gasteiger partial charge < -0.3 is 24.4 Å². The largest absolute Gasteiger partial charge is 0.497 e. The van der Waals surface area contributed by atoms with Gasteiger partial charge in [0.05, 0.1) is 12.7 Å². The lowest BCUT2D eigenvalue weighted by atomic mass is 10.2. The highest BCUT2D eigenvalue weighted by molar-refractivity contribution is 5.93. The maximum Gasteiger partial charge on any atom is 0.257 e. The fraction of sp³-hybridized carbons (Fsp3) is 0.300. The van der Waals surface area contributed by atoms with Crippen molar-refractivity contribution >= 4 is 23.4 Å². The number of carbonyl (C=O) groups is 1. The number of hydrogen-bond acceptors (Lipinski definition) is 8. The number of nitrogens with one attached hydrogen (secondary N) is 1. The summed E-state index contributed by atoms with van der Waals surface area (Å²) in [4.78, 5) is 25.3. The molecule has 1 N–H and O–H groups in total. The van der Waals surface area contributed by atoms with Gasteiger partial charge in [-0.3, -0.25) is 4.79 Å². The molecule has 1 aromatic carbocycles. The van der Waals surface area contributed by atoms with Crippen LogP contribution < -0.4 is 15.0 Å². The molecular formula is C20H22N6O3. The molecule has 29 heavy (non-hydrogen) atoms. The third-order valence-electron chi connectivity index (χ3n) is 4.77. The van der Waals surface area contributed by atoms with Gasteiger partial charge in [0.1, 0.15) is 11.5 Å². The highest BCUT2D eigenvalue weighted by Crippen LogP contribution is 2.21. The Hall–Kier alpha value is -3.62. The van der Waals surface area contributed by atoms with E-state index in [0.29, 0.717) is 36.2 Å². The molecule has 2 aromatic heterocycles. The molecule has 0 saturated carbocycles. The van der Waals surface area contributed by atoms with Crippen LogP contribution in [0.1, 0.15) is 16.1 Å². The van der Waals surface area contributed by atoms with Gasteiger partial charge in [0, 0.05) is 50.3 Å². The number of amides is 1. The number of anilines is 3. The van der Waals surface area contributed by atoms with Crippen LogP contribution in [0.25, 0.3) is 0 Å². The Morgan fingerprint density at radius 3 is 2.38 bits per heavy atom. The van der Waals surface area contributed by atoms with Crippen LogP contribution in [0.4, 0.5) is 17.5 Å². The zero-order chi connectivity index (χ0) is 20.2. The van der Waals surface area contributed by atoms with E-state index in [0.717, 1.165) is 24.5 Å². The van der Waals surface area contributed by atoms with Crippen LogP contribution >= 0.6 is 0 Å². The van der Waals surface area contributed by atoms with Gasteiger partial charge in [0.2, 0.25) is 5.95 Å². The number of carbonyl (C=O) groups excluding carboxylic acids is 1. The van der Waals surface area contributed by atoms with Gasteiger partial charge in [-0.2, -0.15) is 0 Å². The van der Waals surface area contributed by atoms with Crippen molar-refractivity contribution in [3.8, 4) is 5.75 Å². The minimum Gasteiger partial charge on any atom is -0.497 e. The second-order valence-corrected chi connectivity index (χ2v) is 6.72. The predicted molar refractivity (Wildman–Crippen MR) is 108 cm³/mol. The number of aryl methyl sites for hydroxylation is 1. The Morgan fingerprint density at radius 1 is 1.10 bits per heavy atom. The standard InChI is InChI=1S/C20H22N6O3/c1-14-11-18(24-29-14)23-20-21-12-15(13-22-20)19(27)26-9-7-25(8-10-26)16-3-5-17(28-2)6-4-16/h3-6,11-13H,7-10H2,1-2H3,(H,21,22,23,24). The molecule has 1 aliphatic rings. The summed E-state index contributed by atoms with van der Waals surface area (Å²) in [5, 5.41) is 6.77. The molecule has 0 unspecified atom stereocenters. The first kappa shape index (κ1) is 18.7. The van der Waals surface area contributed by atoms with Crippen molar-refractivity contribution in [2.45, 2.75) is 6.92 Å². The molecule has 150 valence electrons. The summed E-state index contributed by atoms with van der Waals surface area (Å²) in [5.74, 6) is 2.34. The van der Waals surface area contributed by atoms with E-state index in [-0.39, 0.29) is 5.91 Å². The first-order valence-electron chi connectivity index (χ1n) is 9.33. The van der Waals surface area contributed by atoms with Crippen LogP contribution in [-0.4, -0.2) is 59.2 Å². The second kappa shape index (κ2) is 8.17. The van der Waals surface area contributed by atoms with Gasteiger partial charge in [-0.05, 0) is 31.2 Å². The molecule has 9 heteroatoms. The van der Waals surface area contributed by atoms with Crippen LogP contribution in [0.2, 0.25) is 0 Å². The fourth-order valence-electron chi connectivity index (χ4n) is 3.19. The molecule has 1 fully saturated rings. The van der Waals surface area contributed by atoms with Crippen molar-refractivity contribution in [1.29, 1.82) is 0 Å². The average molecular weight is 394 g/mol. The minimum absolute atomic E-state index is 0.0665. The Bertz CT molecular complexity index is 963. The summed E-state index contributed by atoms with van der Waals surface area (Å²) in [6, 6.07) is 9.70. The third kappa shape index (κ3) is 4.29. The number of nitrogens with zero attached hydrogens (tertiary/aromatic N) is 5. The fourth-order valence-corrected chi connectivity index (χ4v) is 3.19. The predicted octanol–water partition coefficient (Wildman–Crippen LogP) is 2.49. The topological polar surface area (TPSA) is 96.6 Å². The Morgan fingerprint density at radius 2 is 1.79 bits per heavy atom. The quantitative estimate of drug-likeness (QED) is 0.705. The smallest absolute Gasteiger partial charge is 0.257 e. The van der Waals surface area contributed by atoms with Crippen LogP contribution in [0, 0.1) is 6.92 Å². The van der Waals surface area contributed by atoms with E-state index in [2.05, 4.69) is 25.3 Å². The number of benzene rings is 1. The Kier molecular flexibility index (Phi) is 5.28. The Balaban J connectivity index is 1.34. The minimum atomic E-state index is -0.0665. The van der Waals surface area contributed by atoms with Crippen LogP contribution in [-0.2, 0) is 0 Å². The van der Waals surface area contributed by atoms with Gasteiger partial charge >= 0.3 is 0 Å². The van der Waals surface area contributed by atoms with Crippen molar-refractivity contribution < 1.29 is 14.1 Å². The highest BCUT2D eigenvalue weighted by Gasteiger charge is 2.23. The lowest BCUT2D eigenvalue weighted by Crippen LogP contribution is -2.48. The maximum atomic E-state index is 12.8. The summed E-state index contributed by atoms with van der Waals surface area (Å²) < 4.78 is 10.2. The molecule has 0 aliphatic carbocycles. The molecule has 1 amide bonds. The molecule has 9 nitrogen and oxygen atoms in total. The molecular weight excluding hydrogens is 372 g/mol. The summed E-state index contributed by atoms with van der Waals surface area (Å²) in [5.41, 5.74) is 1.59. The van der Waals surface area contributed by atoms with Gasteiger partial charge in [0.25, 0.3) is 5.91 Å². The number of hydrogen-bond donors (Lipinski definition) is 1. The molecule has 1 aliphatic heterocycles. The summed E-state index contributed by atoms with van der Waals surface area (Å²) in [7, 11) is 1.65. The zero-order valence-electron chi connectivity index (χ0n) is 16.3. The van der Waals surface area contributed by atoms with E-state index < -0.39 is 0 Å². The number of rotatable bonds is 5. The zero-order valence-corrected chi connectivity index (χ0v) is 16.3. The van der Waals surface area contributed by atoms with Crippen molar-refractivity contribution in [3.63, 3.8) is 0 Å². The molecule has 4 rings (SSSR count). The van der Waals surface area contributed by atoms with Gasteiger partial charge in [-0.25, -0.2) is 9.97 Å². The van der Waals surface area contributed by atoms with Crippen LogP contribution in [0.15, 0.2) is 47.2 Å². The number of ether oxygens (including phenoxy) is 1. The molecule has 0 radical (unpaired) electrons. The van der Waals surface area contributed by atoms with Crippen LogP contribution in [0.5, 0.6) is 5.75 Å². The van der Waals surface area contributed by atoms with Gasteiger partial charge in [-0.1, -0.05) is 5.16 Å². The van der Waals surface area contributed by atoms with E-state index in [1.807, 2.05) is 29.2 Å². The van der Waals surface area contributed by atoms with Gasteiger partial charge in [-0.15, -0.1) is 0 Å². The van der Waals surface area contributed by atoms with Crippen molar-refractivity contribution in [2.24, 2.45) is 0 Å². The van der Waals surface area contributed by atoms with E-state index >= 15 is 0 Å². The number of piperazine rings is 1. The monoisotopic (exact) mass is 394 g/mol. The molecule has 0 atom stereocenters. The van der Waals surface area contributed by atoms with Crippen molar-refractivity contribution in [1.82, 2.24) is 20.0 Å². The second-order valence-electron chi connectivity index (χ2n) is 6.72. The normalized spacial score (nSPS) is 14.0. The average Bonchev–Trinajstić information content (AvgIpc) is 3.18. The first-order chi connectivity index (χ1) is 14.1. The number of methoxy groups -OCH3 is 1. The summed E-state index contributed by atoms with van der Waals surface area (Å²) in [6.45, 7) is 4.62. The SMILES string of the molecule is COc1ccc(N2CCN(C(=O)c3cnc(Nc4cc(C)on4)nc3)CC2)cc1.